The highest BCUT2D eigenvalue weighted by Crippen LogP contribution is 2.13. The third-order valence-corrected chi connectivity index (χ3v) is 2.56. The third kappa shape index (κ3) is 2.33. The van der Waals surface area contributed by atoms with Crippen LogP contribution in [0.2, 0.25) is 0 Å². The number of aryl methyl sites for hydroxylation is 1. The first-order valence-electron chi connectivity index (χ1n) is 5.13. The predicted molar refractivity (Wildman–Crippen MR) is 62.1 cm³/mol. The number of carbonyl (C=O) groups is 1. The van der Waals surface area contributed by atoms with Crippen molar-refractivity contribution in [3.8, 4) is 0 Å². The lowest BCUT2D eigenvalue weighted by Gasteiger charge is -2.01. The number of nitrogens with two attached hydrogens (primary N) is 1. The number of aromatic nitrogens is 2. The molecule has 0 aliphatic rings. The Bertz CT molecular complexity index is 545. The normalized spacial score (nSPS) is 10.5. The van der Waals surface area contributed by atoms with Crippen molar-refractivity contribution in [2.45, 2.75) is 6.42 Å². The Morgan fingerprint density at radius 3 is 2.59 bits per heavy atom. The lowest BCUT2D eigenvalue weighted by molar-refractivity contribution is 0.0994. The topological polar surface area (TPSA) is 60.9 Å². The zero-order valence-corrected chi connectivity index (χ0v) is 9.35. The van der Waals surface area contributed by atoms with Gasteiger partial charge in [0.05, 0.1) is 11.8 Å². The number of anilines is 1. The first kappa shape index (κ1) is 11.3. The van der Waals surface area contributed by atoms with E-state index in [1.165, 1.54) is 23.0 Å². The standard InChI is InChI=1S/C12H12FN3O/c1-16-12(14)10(7-15-16)11(17)6-8-2-4-9(13)5-3-8/h2-5,7H,6,14H2,1H3. The summed E-state index contributed by atoms with van der Waals surface area (Å²) in [5.41, 5.74) is 6.85. The molecule has 5 heteroatoms. The van der Waals surface area contributed by atoms with Crippen molar-refractivity contribution >= 4 is 11.6 Å². The van der Waals surface area contributed by atoms with Crippen LogP contribution in [0.25, 0.3) is 0 Å². The van der Waals surface area contributed by atoms with Crippen LogP contribution in [-0.2, 0) is 13.5 Å². The average Bonchev–Trinajstić information content (AvgIpc) is 2.63. The molecule has 0 aliphatic carbocycles. The summed E-state index contributed by atoms with van der Waals surface area (Å²) in [5, 5.41) is 3.90. The van der Waals surface area contributed by atoms with Crippen LogP contribution in [0.5, 0.6) is 0 Å². The molecule has 4 nitrogen and oxygen atoms in total. The van der Waals surface area contributed by atoms with Crippen molar-refractivity contribution in [3.05, 3.63) is 47.4 Å². The van der Waals surface area contributed by atoms with Crippen molar-refractivity contribution in [1.82, 2.24) is 9.78 Å². The van der Waals surface area contributed by atoms with Crippen LogP contribution >= 0.6 is 0 Å². The minimum Gasteiger partial charge on any atom is -0.383 e. The van der Waals surface area contributed by atoms with Crippen molar-refractivity contribution in [2.24, 2.45) is 7.05 Å². The Balaban J connectivity index is 2.17. The van der Waals surface area contributed by atoms with E-state index in [0.29, 0.717) is 11.4 Å². The van der Waals surface area contributed by atoms with E-state index in [1.54, 1.807) is 19.2 Å². The molecule has 0 spiro atoms. The largest absolute Gasteiger partial charge is 0.383 e. The summed E-state index contributed by atoms with van der Waals surface area (Å²) in [6.45, 7) is 0. The van der Waals surface area contributed by atoms with E-state index >= 15 is 0 Å². The summed E-state index contributed by atoms with van der Waals surface area (Å²) in [6, 6.07) is 5.82. The molecule has 1 aromatic heterocycles. The van der Waals surface area contributed by atoms with Gasteiger partial charge in [0.2, 0.25) is 0 Å². The van der Waals surface area contributed by atoms with E-state index < -0.39 is 0 Å². The molecule has 0 fully saturated rings. The van der Waals surface area contributed by atoms with Gasteiger partial charge < -0.3 is 5.73 Å². The zero-order valence-electron chi connectivity index (χ0n) is 9.35. The minimum absolute atomic E-state index is 0.123. The Morgan fingerprint density at radius 1 is 1.41 bits per heavy atom. The zero-order chi connectivity index (χ0) is 12.4. The molecule has 2 aromatic rings. The molecule has 0 aliphatic heterocycles. The molecule has 2 rings (SSSR count). The number of hydrogen-bond donors (Lipinski definition) is 1. The van der Waals surface area contributed by atoms with E-state index in [0.717, 1.165) is 5.56 Å². The number of halogens is 1. The molecule has 0 radical (unpaired) electrons. The molecule has 1 heterocycles. The van der Waals surface area contributed by atoms with Gasteiger partial charge in [-0.25, -0.2) is 4.39 Å². The Kier molecular flexibility index (Phi) is 2.91. The average molecular weight is 233 g/mol. The second-order valence-electron chi connectivity index (χ2n) is 3.79. The summed E-state index contributed by atoms with van der Waals surface area (Å²) in [4.78, 5) is 11.9. The van der Waals surface area contributed by atoms with Crippen LogP contribution < -0.4 is 5.73 Å². The highest BCUT2D eigenvalue weighted by molar-refractivity contribution is 6.01. The molecule has 2 N–H and O–H groups in total. The quantitative estimate of drug-likeness (QED) is 0.818. The van der Waals surface area contributed by atoms with Gasteiger partial charge in [0, 0.05) is 13.5 Å². The van der Waals surface area contributed by atoms with Crippen LogP contribution in [0.3, 0.4) is 0 Å². The van der Waals surface area contributed by atoms with Crippen LogP contribution in [0.15, 0.2) is 30.5 Å². The monoisotopic (exact) mass is 233 g/mol. The van der Waals surface area contributed by atoms with Crippen LogP contribution in [0.1, 0.15) is 15.9 Å². The summed E-state index contributed by atoms with van der Waals surface area (Å²) in [6.07, 6.45) is 1.64. The van der Waals surface area contributed by atoms with Crippen molar-refractivity contribution in [2.75, 3.05) is 5.73 Å². The molecule has 0 unspecified atom stereocenters. The molecule has 0 atom stereocenters. The molecule has 0 saturated heterocycles. The maximum atomic E-state index is 12.7. The highest BCUT2D eigenvalue weighted by Gasteiger charge is 2.13. The maximum Gasteiger partial charge on any atom is 0.172 e. The van der Waals surface area contributed by atoms with Gasteiger partial charge in [0.1, 0.15) is 11.6 Å². The minimum atomic E-state index is -0.318. The van der Waals surface area contributed by atoms with E-state index in [4.69, 9.17) is 5.73 Å². The third-order valence-electron chi connectivity index (χ3n) is 2.56. The first-order chi connectivity index (χ1) is 8.08. The van der Waals surface area contributed by atoms with Crippen molar-refractivity contribution in [3.63, 3.8) is 0 Å². The molecular formula is C12H12FN3O. The lowest BCUT2D eigenvalue weighted by atomic mass is 10.1. The number of nitrogens with zero attached hydrogens (tertiary/aromatic N) is 2. The van der Waals surface area contributed by atoms with Crippen LogP contribution in [0, 0.1) is 5.82 Å². The molecule has 0 saturated carbocycles. The number of hydrogen-bond acceptors (Lipinski definition) is 3. The fourth-order valence-electron chi connectivity index (χ4n) is 1.54. The lowest BCUT2D eigenvalue weighted by Crippen LogP contribution is -2.07. The molecule has 0 bridgehead atoms. The van der Waals surface area contributed by atoms with Gasteiger partial charge in [-0.05, 0) is 17.7 Å². The number of nitrogen functional groups attached to an aromatic ring is 1. The highest BCUT2D eigenvalue weighted by atomic mass is 19.1. The predicted octanol–water partition coefficient (Wildman–Crippen LogP) is 1.57. The molecule has 1 aromatic carbocycles. The van der Waals surface area contributed by atoms with Crippen molar-refractivity contribution < 1.29 is 9.18 Å². The van der Waals surface area contributed by atoms with E-state index in [1.807, 2.05) is 0 Å². The van der Waals surface area contributed by atoms with Crippen LogP contribution in [0.4, 0.5) is 10.2 Å². The number of carbonyl (C=O) groups excluding carboxylic acids is 1. The fourth-order valence-corrected chi connectivity index (χ4v) is 1.54. The van der Waals surface area contributed by atoms with Gasteiger partial charge in [-0.2, -0.15) is 5.10 Å². The smallest absolute Gasteiger partial charge is 0.172 e. The summed E-state index contributed by atoms with van der Waals surface area (Å²) in [7, 11) is 1.67. The Hall–Kier alpha value is -2.17. The molecule has 17 heavy (non-hydrogen) atoms. The van der Waals surface area contributed by atoms with Gasteiger partial charge in [0.15, 0.2) is 5.78 Å². The second kappa shape index (κ2) is 4.37. The molecular weight excluding hydrogens is 221 g/mol. The number of rotatable bonds is 3. The maximum absolute atomic E-state index is 12.7. The molecule has 0 amide bonds. The van der Waals surface area contributed by atoms with Gasteiger partial charge in [-0.1, -0.05) is 12.1 Å². The summed E-state index contributed by atoms with van der Waals surface area (Å²) in [5.74, 6) is -0.0959. The summed E-state index contributed by atoms with van der Waals surface area (Å²) >= 11 is 0. The van der Waals surface area contributed by atoms with E-state index in [2.05, 4.69) is 5.10 Å². The number of Topliss-reactive ketones (excluding diaryl/α,β-unsaturated/α-hetero) is 1. The van der Waals surface area contributed by atoms with Crippen LogP contribution in [-0.4, -0.2) is 15.6 Å². The molecule has 88 valence electrons. The van der Waals surface area contributed by atoms with E-state index in [-0.39, 0.29) is 18.0 Å². The Morgan fingerprint density at radius 2 is 2.06 bits per heavy atom. The second-order valence-corrected chi connectivity index (χ2v) is 3.79. The van der Waals surface area contributed by atoms with Gasteiger partial charge in [-0.3, -0.25) is 9.48 Å². The fraction of sp³-hybridized carbons (Fsp3) is 0.167. The first-order valence-corrected chi connectivity index (χ1v) is 5.13. The number of ketones is 1. The number of benzene rings is 1. The van der Waals surface area contributed by atoms with Crippen molar-refractivity contribution in [1.29, 1.82) is 0 Å². The van der Waals surface area contributed by atoms with Gasteiger partial charge in [0.25, 0.3) is 0 Å². The Labute approximate surface area is 97.9 Å². The summed E-state index contributed by atoms with van der Waals surface area (Å²) < 4.78 is 14.1. The SMILES string of the molecule is Cn1ncc(C(=O)Cc2ccc(F)cc2)c1N. The van der Waals surface area contributed by atoms with E-state index in [9.17, 15) is 9.18 Å². The van der Waals surface area contributed by atoms with Gasteiger partial charge in [-0.15, -0.1) is 0 Å². The van der Waals surface area contributed by atoms with Gasteiger partial charge >= 0.3 is 0 Å².